The number of rotatable bonds is 11. The topological polar surface area (TPSA) is 84.0 Å². The molecule has 7 nitrogen and oxygen atoms in total. The predicted molar refractivity (Wildman–Crippen MR) is 123 cm³/mol. The van der Waals surface area contributed by atoms with Crippen molar-refractivity contribution in [1.82, 2.24) is 16.0 Å². The van der Waals surface area contributed by atoms with E-state index in [1.165, 1.54) is 0 Å². The summed E-state index contributed by atoms with van der Waals surface area (Å²) in [5.74, 6) is 1.29. The smallest absolute Gasteiger partial charge is 0.407 e. The maximum atomic E-state index is 11.6. The maximum Gasteiger partial charge on any atom is 0.407 e. The van der Waals surface area contributed by atoms with Crippen molar-refractivity contribution in [1.29, 1.82) is 0 Å². The molecule has 1 amide bonds. The van der Waals surface area contributed by atoms with Crippen molar-refractivity contribution in [2.75, 3.05) is 32.8 Å². The monoisotopic (exact) mass is 500 g/mol. The number of hydrogen-bond acceptors (Lipinski definition) is 4. The molecule has 0 aliphatic heterocycles. The van der Waals surface area contributed by atoms with E-state index in [1.807, 2.05) is 34.6 Å². The van der Waals surface area contributed by atoms with Crippen molar-refractivity contribution in [3.8, 4) is 0 Å². The van der Waals surface area contributed by atoms with Crippen LogP contribution in [0, 0.1) is 5.92 Å². The summed E-state index contributed by atoms with van der Waals surface area (Å²) in [6.07, 6.45) is 1.56. The number of guanidine groups is 1. The van der Waals surface area contributed by atoms with E-state index in [4.69, 9.17) is 9.47 Å². The molecule has 0 radical (unpaired) electrons. The SMILES string of the molecule is CCNC(=NCCCNC(=O)OC(C)(C)C)NCCC(OCC)C(C)C.I. The molecule has 0 rings (SSSR count). The molecule has 0 saturated carbocycles. The molecule has 0 aromatic rings. The van der Waals surface area contributed by atoms with E-state index >= 15 is 0 Å². The van der Waals surface area contributed by atoms with Crippen LogP contribution in [-0.2, 0) is 9.47 Å². The largest absolute Gasteiger partial charge is 0.444 e. The van der Waals surface area contributed by atoms with Crippen molar-refractivity contribution in [3.63, 3.8) is 0 Å². The fourth-order valence-corrected chi connectivity index (χ4v) is 2.27. The Morgan fingerprint density at radius 3 is 2.26 bits per heavy atom. The first-order chi connectivity index (χ1) is 12.2. The summed E-state index contributed by atoms with van der Waals surface area (Å²) in [6, 6.07) is 0. The van der Waals surface area contributed by atoms with Gasteiger partial charge in [0.05, 0.1) is 6.10 Å². The lowest BCUT2D eigenvalue weighted by Gasteiger charge is -2.21. The van der Waals surface area contributed by atoms with E-state index in [1.54, 1.807) is 0 Å². The van der Waals surface area contributed by atoms with Gasteiger partial charge in [-0.15, -0.1) is 24.0 Å². The average molecular weight is 500 g/mol. The van der Waals surface area contributed by atoms with Gasteiger partial charge in [-0.3, -0.25) is 4.99 Å². The van der Waals surface area contributed by atoms with Crippen LogP contribution in [0.3, 0.4) is 0 Å². The molecule has 0 fully saturated rings. The van der Waals surface area contributed by atoms with Gasteiger partial charge in [0.2, 0.25) is 0 Å². The number of carbonyl (C=O) groups is 1. The lowest BCUT2D eigenvalue weighted by molar-refractivity contribution is 0.0258. The molecular formula is C19H41IN4O3. The second-order valence-corrected chi connectivity index (χ2v) is 7.50. The molecular weight excluding hydrogens is 459 g/mol. The van der Waals surface area contributed by atoms with Gasteiger partial charge in [-0.25, -0.2) is 4.79 Å². The molecule has 0 spiro atoms. The number of halogens is 1. The Bertz CT molecular complexity index is 412. The standard InChI is InChI=1S/C19H40N4O3.HI/c1-8-20-17(22-14-11-16(15(3)4)25-9-2)21-12-10-13-23-18(24)26-19(5,6)7;/h15-16H,8-14H2,1-7H3,(H,23,24)(H2,20,21,22);1H. The van der Waals surface area contributed by atoms with Crippen molar-refractivity contribution >= 4 is 36.0 Å². The summed E-state index contributed by atoms with van der Waals surface area (Å²) in [5.41, 5.74) is -0.473. The van der Waals surface area contributed by atoms with Crippen LogP contribution in [0.1, 0.15) is 61.3 Å². The van der Waals surface area contributed by atoms with Crippen LogP contribution in [0.2, 0.25) is 0 Å². The Labute approximate surface area is 182 Å². The van der Waals surface area contributed by atoms with Gasteiger partial charge < -0.3 is 25.4 Å². The van der Waals surface area contributed by atoms with E-state index in [0.29, 0.717) is 19.0 Å². The first-order valence-electron chi connectivity index (χ1n) is 9.80. The summed E-state index contributed by atoms with van der Waals surface area (Å²) in [4.78, 5) is 16.1. The Hall–Kier alpha value is -0.770. The van der Waals surface area contributed by atoms with Crippen molar-refractivity contribution in [2.45, 2.75) is 73.0 Å². The highest BCUT2D eigenvalue weighted by molar-refractivity contribution is 14.0. The summed E-state index contributed by atoms with van der Waals surface area (Å²) < 4.78 is 11.0. The van der Waals surface area contributed by atoms with Crippen LogP contribution in [0.5, 0.6) is 0 Å². The predicted octanol–water partition coefficient (Wildman–Crippen LogP) is 3.53. The second kappa shape index (κ2) is 16.2. The zero-order chi connectivity index (χ0) is 20.0. The Morgan fingerprint density at radius 1 is 1.07 bits per heavy atom. The molecule has 3 N–H and O–H groups in total. The third-order valence-electron chi connectivity index (χ3n) is 3.46. The first kappa shape index (κ1) is 28.4. The van der Waals surface area contributed by atoms with E-state index < -0.39 is 5.60 Å². The maximum absolute atomic E-state index is 11.6. The summed E-state index contributed by atoms with van der Waals surface area (Å²) in [6.45, 7) is 17.5. The zero-order valence-corrected chi connectivity index (χ0v) is 20.5. The highest BCUT2D eigenvalue weighted by atomic mass is 127. The van der Waals surface area contributed by atoms with Crippen molar-refractivity contribution in [2.24, 2.45) is 10.9 Å². The van der Waals surface area contributed by atoms with Gasteiger partial charge in [-0.2, -0.15) is 0 Å². The van der Waals surface area contributed by atoms with E-state index in [9.17, 15) is 4.79 Å². The highest BCUT2D eigenvalue weighted by Crippen LogP contribution is 2.10. The molecule has 0 saturated heterocycles. The fourth-order valence-electron chi connectivity index (χ4n) is 2.27. The van der Waals surface area contributed by atoms with Gasteiger partial charge in [-0.05, 0) is 53.4 Å². The zero-order valence-electron chi connectivity index (χ0n) is 18.2. The Morgan fingerprint density at radius 2 is 1.74 bits per heavy atom. The number of hydrogen-bond donors (Lipinski definition) is 3. The number of nitrogens with zero attached hydrogens (tertiary/aromatic N) is 1. The molecule has 0 aromatic heterocycles. The minimum atomic E-state index is -0.473. The third-order valence-corrected chi connectivity index (χ3v) is 3.46. The lowest BCUT2D eigenvalue weighted by Crippen LogP contribution is -2.39. The van der Waals surface area contributed by atoms with Gasteiger partial charge in [0.25, 0.3) is 0 Å². The van der Waals surface area contributed by atoms with Crippen molar-refractivity contribution < 1.29 is 14.3 Å². The molecule has 0 bridgehead atoms. The lowest BCUT2D eigenvalue weighted by atomic mass is 10.0. The van der Waals surface area contributed by atoms with E-state index in [2.05, 4.69) is 34.8 Å². The van der Waals surface area contributed by atoms with Crippen LogP contribution < -0.4 is 16.0 Å². The molecule has 0 heterocycles. The number of amides is 1. The molecule has 27 heavy (non-hydrogen) atoms. The molecule has 162 valence electrons. The van der Waals surface area contributed by atoms with Crippen molar-refractivity contribution in [3.05, 3.63) is 0 Å². The fraction of sp³-hybridized carbons (Fsp3) is 0.895. The first-order valence-corrected chi connectivity index (χ1v) is 9.80. The number of aliphatic imine (C=N–C) groups is 1. The van der Waals surface area contributed by atoms with Gasteiger partial charge in [-0.1, -0.05) is 13.8 Å². The number of nitrogens with one attached hydrogen (secondary N) is 3. The van der Waals surface area contributed by atoms with E-state index in [0.717, 1.165) is 38.5 Å². The minimum absolute atomic E-state index is 0. The van der Waals surface area contributed by atoms with Gasteiger partial charge in [0, 0.05) is 32.8 Å². The molecule has 8 heteroatoms. The summed E-state index contributed by atoms with van der Waals surface area (Å²) in [5, 5.41) is 9.32. The molecule has 0 aromatic carbocycles. The van der Waals surface area contributed by atoms with Crippen LogP contribution in [0.4, 0.5) is 4.79 Å². The quantitative estimate of drug-likeness (QED) is 0.175. The van der Waals surface area contributed by atoms with Gasteiger partial charge in [0.15, 0.2) is 5.96 Å². The highest BCUT2D eigenvalue weighted by Gasteiger charge is 2.15. The van der Waals surface area contributed by atoms with Crippen LogP contribution in [0.25, 0.3) is 0 Å². The Balaban J connectivity index is 0. The second-order valence-electron chi connectivity index (χ2n) is 7.50. The number of carbonyl (C=O) groups excluding carboxylic acids is 1. The van der Waals surface area contributed by atoms with Gasteiger partial charge >= 0.3 is 6.09 Å². The van der Waals surface area contributed by atoms with Crippen LogP contribution in [0.15, 0.2) is 4.99 Å². The molecule has 1 atom stereocenters. The molecule has 1 unspecified atom stereocenters. The average Bonchev–Trinajstić information content (AvgIpc) is 2.51. The number of alkyl carbamates (subject to hydrolysis) is 1. The molecule has 0 aliphatic rings. The van der Waals surface area contributed by atoms with Crippen LogP contribution >= 0.6 is 24.0 Å². The van der Waals surface area contributed by atoms with E-state index in [-0.39, 0.29) is 36.2 Å². The number of ether oxygens (including phenoxy) is 2. The summed E-state index contributed by atoms with van der Waals surface area (Å²) in [7, 11) is 0. The Kier molecular flexibility index (Phi) is 17.1. The minimum Gasteiger partial charge on any atom is -0.444 e. The van der Waals surface area contributed by atoms with Gasteiger partial charge in [0.1, 0.15) is 5.60 Å². The summed E-state index contributed by atoms with van der Waals surface area (Å²) >= 11 is 0. The molecule has 0 aliphatic carbocycles. The third kappa shape index (κ3) is 17.1. The van der Waals surface area contributed by atoms with Crippen LogP contribution in [-0.4, -0.2) is 56.5 Å². The normalized spacial score (nSPS) is 13.0.